The molecule has 0 unspecified atom stereocenters. The quantitative estimate of drug-likeness (QED) is 0.107. The Balaban J connectivity index is 3.24. The first-order valence-corrected chi connectivity index (χ1v) is 15.7. The molecule has 0 aromatic heterocycles. The smallest absolute Gasteiger partial charge is 0.219 e. The van der Waals surface area contributed by atoms with Crippen molar-refractivity contribution in [2.75, 3.05) is 13.1 Å². The summed E-state index contributed by atoms with van der Waals surface area (Å²) in [5.41, 5.74) is 0. The van der Waals surface area contributed by atoms with Crippen molar-refractivity contribution < 1.29 is 9.59 Å². The minimum atomic E-state index is 0.225. The average molecular weight is 495 g/mol. The van der Waals surface area contributed by atoms with Gasteiger partial charge >= 0.3 is 0 Å². The number of unbranched alkanes of at least 4 members (excludes halogenated alkanes) is 20. The molecular formula is C31H62N2O2. The zero-order valence-corrected chi connectivity index (χ0v) is 23.9. The van der Waals surface area contributed by atoms with Crippen LogP contribution in [0.5, 0.6) is 0 Å². The van der Waals surface area contributed by atoms with E-state index in [0.29, 0.717) is 12.8 Å². The van der Waals surface area contributed by atoms with E-state index in [4.69, 9.17) is 0 Å². The number of hydrogen-bond donors (Lipinski definition) is 2. The molecular weight excluding hydrogens is 432 g/mol. The molecule has 0 atom stereocenters. The third kappa shape index (κ3) is 29.1. The highest BCUT2D eigenvalue weighted by Gasteiger charge is 2.02. The van der Waals surface area contributed by atoms with Crippen LogP contribution in [0, 0.1) is 0 Å². The third-order valence-electron chi connectivity index (χ3n) is 7.01. The molecule has 0 aliphatic heterocycles. The van der Waals surface area contributed by atoms with Gasteiger partial charge in [-0.2, -0.15) is 0 Å². The van der Waals surface area contributed by atoms with Crippen molar-refractivity contribution in [1.29, 1.82) is 0 Å². The summed E-state index contributed by atoms with van der Waals surface area (Å²) in [6, 6.07) is 0. The van der Waals surface area contributed by atoms with Gasteiger partial charge in [0, 0.05) is 25.9 Å². The number of carbonyl (C=O) groups excluding carboxylic acids is 2. The van der Waals surface area contributed by atoms with Crippen molar-refractivity contribution in [1.82, 2.24) is 10.6 Å². The number of rotatable bonds is 28. The minimum absolute atomic E-state index is 0.225. The van der Waals surface area contributed by atoms with Gasteiger partial charge in [0.15, 0.2) is 0 Å². The van der Waals surface area contributed by atoms with Crippen molar-refractivity contribution in [2.45, 2.75) is 174 Å². The van der Waals surface area contributed by atoms with Crippen molar-refractivity contribution in [3.05, 3.63) is 0 Å². The maximum Gasteiger partial charge on any atom is 0.219 e. The van der Waals surface area contributed by atoms with Crippen LogP contribution in [-0.2, 0) is 9.59 Å². The topological polar surface area (TPSA) is 58.2 Å². The lowest BCUT2D eigenvalue weighted by Gasteiger charge is -2.07. The first-order valence-electron chi connectivity index (χ1n) is 15.7. The van der Waals surface area contributed by atoms with Crippen LogP contribution < -0.4 is 10.6 Å². The number of amides is 2. The van der Waals surface area contributed by atoms with Crippen LogP contribution in [0.2, 0.25) is 0 Å². The van der Waals surface area contributed by atoms with Gasteiger partial charge in [-0.25, -0.2) is 0 Å². The Bertz CT molecular complexity index is 413. The van der Waals surface area contributed by atoms with E-state index in [1.165, 1.54) is 109 Å². The van der Waals surface area contributed by atoms with Crippen LogP contribution in [0.25, 0.3) is 0 Å². The van der Waals surface area contributed by atoms with Gasteiger partial charge < -0.3 is 10.6 Å². The molecule has 4 heteroatoms. The van der Waals surface area contributed by atoms with Crippen molar-refractivity contribution in [3.8, 4) is 0 Å². The Morgan fingerprint density at radius 1 is 0.371 bits per heavy atom. The van der Waals surface area contributed by atoms with Crippen LogP contribution in [-0.4, -0.2) is 24.9 Å². The Morgan fingerprint density at radius 3 is 0.943 bits per heavy atom. The molecule has 35 heavy (non-hydrogen) atoms. The highest BCUT2D eigenvalue weighted by atomic mass is 16.2. The molecule has 0 aromatic rings. The maximum absolute atomic E-state index is 11.9. The second-order valence-electron chi connectivity index (χ2n) is 10.6. The minimum Gasteiger partial charge on any atom is -0.356 e. The summed E-state index contributed by atoms with van der Waals surface area (Å²) in [6.07, 6.45) is 30.3. The van der Waals surface area contributed by atoms with E-state index in [9.17, 15) is 9.59 Å². The first-order chi connectivity index (χ1) is 17.2. The maximum atomic E-state index is 11.9. The third-order valence-corrected chi connectivity index (χ3v) is 7.01. The largest absolute Gasteiger partial charge is 0.356 e. The molecule has 2 amide bonds. The lowest BCUT2D eigenvalue weighted by molar-refractivity contribution is -0.122. The molecule has 0 rings (SSSR count). The summed E-state index contributed by atoms with van der Waals surface area (Å²) >= 11 is 0. The van der Waals surface area contributed by atoms with E-state index < -0.39 is 0 Å². The Kier molecular flexibility index (Phi) is 28.3. The normalized spacial score (nSPS) is 11.0. The van der Waals surface area contributed by atoms with Gasteiger partial charge in [0.05, 0.1) is 0 Å². The summed E-state index contributed by atoms with van der Waals surface area (Å²) in [6.45, 7) is 6.14. The zero-order valence-electron chi connectivity index (χ0n) is 23.9. The second-order valence-corrected chi connectivity index (χ2v) is 10.6. The lowest BCUT2D eigenvalue weighted by atomic mass is 10.1. The van der Waals surface area contributed by atoms with Gasteiger partial charge in [0.2, 0.25) is 11.8 Å². The van der Waals surface area contributed by atoms with Crippen LogP contribution in [0.4, 0.5) is 0 Å². The van der Waals surface area contributed by atoms with Gasteiger partial charge in [-0.3, -0.25) is 9.59 Å². The van der Waals surface area contributed by atoms with Gasteiger partial charge in [-0.05, 0) is 25.7 Å². The highest BCUT2D eigenvalue weighted by molar-refractivity contribution is 5.76. The molecule has 0 bridgehead atoms. The van der Waals surface area contributed by atoms with Crippen LogP contribution >= 0.6 is 0 Å². The number of carbonyl (C=O) groups is 2. The monoisotopic (exact) mass is 494 g/mol. The fourth-order valence-electron chi connectivity index (χ4n) is 4.61. The molecule has 0 saturated heterocycles. The molecule has 0 fully saturated rings. The SMILES string of the molecule is CCCCCCCCCCCC(=O)NCCCCCCCNC(=O)CCCCCCCCCCC. The summed E-state index contributed by atoms with van der Waals surface area (Å²) in [5.74, 6) is 0.449. The van der Waals surface area contributed by atoms with Crippen molar-refractivity contribution in [3.63, 3.8) is 0 Å². The fourth-order valence-corrected chi connectivity index (χ4v) is 4.61. The number of nitrogens with one attached hydrogen (secondary N) is 2. The van der Waals surface area contributed by atoms with E-state index in [1.807, 2.05) is 0 Å². The van der Waals surface area contributed by atoms with Crippen LogP contribution in [0.15, 0.2) is 0 Å². The molecule has 0 aromatic carbocycles. The van der Waals surface area contributed by atoms with E-state index in [0.717, 1.165) is 51.6 Å². The molecule has 0 spiro atoms. The molecule has 0 heterocycles. The van der Waals surface area contributed by atoms with E-state index in [2.05, 4.69) is 24.5 Å². The first kappa shape index (κ1) is 33.9. The molecule has 0 radical (unpaired) electrons. The van der Waals surface area contributed by atoms with E-state index in [1.54, 1.807) is 0 Å². The summed E-state index contributed by atoms with van der Waals surface area (Å²) in [5, 5.41) is 6.14. The molecule has 208 valence electrons. The predicted molar refractivity (Wildman–Crippen MR) is 153 cm³/mol. The Morgan fingerprint density at radius 2 is 0.629 bits per heavy atom. The van der Waals surface area contributed by atoms with E-state index >= 15 is 0 Å². The van der Waals surface area contributed by atoms with Crippen LogP contribution in [0.3, 0.4) is 0 Å². The van der Waals surface area contributed by atoms with Gasteiger partial charge in [0.1, 0.15) is 0 Å². The Labute approximate surface area is 219 Å². The van der Waals surface area contributed by atoms with Crippen LogP contribution in [0.1, 0.15) is 174 Å². The molecule has 0 aliphatic carbocycles. The summed E-state index contributed by atoms with van der Waals surface area (Å²) < 4.78 is 0. The fraction of sp³-hybridized carbons (Fsp3) is 0.935. The predicted octanol–water partition coefficient (Wildman–Crippen LogP) is 9.01. The zero-order chi connectivity index (χ0) is 25.7. The van der Waals surface area contributed by atoms with E-state index in [-0.39, 0.29) is 11.8 Å². The highest BCUT2D eigenvalue weighted by Crippen LogP contribution is 2.11. The molecule has 0 aliphatic rings. The van der Waals surface area contributed by atoms with Crippen molar-refractivity contribution >= 4 is 11.8 Å². The van der Waals surface area contributed by atoms with Gasteiger partial charge in [0.25, 0.3) is 0 Å². The van der Waals surface area contributed by atoms with Gasteiger partial charge in [-0.1, -0.05) is 136 Å². The molecule has 4 nitrogen and oxygen atoms in total. The summed E-state index contributed by atoms with van der Waals surface area (Å²) in [7, 11) is 0. The average Bonchev–Trinajstić information content (AvgIpc) is 2.85. The van der Waals surface area contributed by atoms with Crippen molar-refractivity contribution in [2.24, 2.45) is 0 Å². The van der Waals surface area contributed by atoms with Gasteiger partial charge in [-0.15, -0.1) is 0 Å². The Hall–Kier alpha value is -1.06. The summed E-state index contributed by atoms with van der Waals surface area (Å²) in [4.78, 5) is 23.8. The molecule has 2 N–H and O–H groups in total. The second kappa shape index (κ2) is 29.2. The lowest BCUT2D eigenvalue weighted by Crippen LogP contribution is -2.24. The number of hydrogen-bond acceptors (Lipinski definition) is 2. The molecule has 0 saturated carbocycles. The standard InChI is InChI=1S/C31H62N2O2/c1-3-5-7-9-11-13-15-18-22-26-30(34)32-28-24-20-17-21-25-29-33-31(35)27-23-19-16-14-12-10-8-6-4-2/h3-29H2,1-2H3,(H,32,34)(H,33,35).